The van der Waals surface area contributed by atoms with Crippen molar-refractivity contribution >= 4 is 23.4 Å². The van der Waals surface area contributed by atoms with Gasteiger partial charge >= 0.3 is 6.18 Å². The Kier molecular flexibility index (Phi) is 4.39. The molecule has 0 atom stereocenters. The van der Waals surface area contributed by atoms with Gasteiger partial charge in [0.1, 0.15) is 0 Å². The third kappa shape index (κ3) is 4.16. The molecule has 2 rings (SSSR count). The van der Waals surface area contributed by atoms with Gasteiger partial charge in [0.25, 0.3) is 0 Å². The number of benzene rings is 1. The Morgan fingerprint density at radius 2 is 2.00 bits per heavy atom. The fourth-order valence-electron chi connectivity index (χ4n) is 1.76. The summed E-state index contributed by atoms with van der Waals surface area (Å²) in [7, 11) is 0. The lowest BCUT2D eigenvalue weighted by atomic mass is 9.85. The molecule has 0 heterocycles. The molecule has 1 saturated carbocycles. The first-order chi connectivity index (χ1) is 8.96. The summed E-state index contributed by atoms with van der Waals surface area (Å²) in [5.74, 6) is -1.03. The number of hydrogen-bond acceptors (Lipinski definition) is 2. The van der Waals surface area contributed by atoms with Crippen LogP contribution in [0.1, 0.15) is 19.3 Å². The second-order valence-electron chi connectivity index (χ2n) is 4.52. The summed E-state index contributed by atoms with van der Waals surface area (Å²) >= 11 is 0.694. The van der Waals surface area contributed by atoms with Crippen LogP contribution in [0.5, 0.6) is 0 Å². The average Bonchev–Trinajstić information content (AvgIpc) is 2.24. The monoisotopic (exact) mass is 289 g/mol. The maximum atomic E-state index is 12.2. The number of carbonyl (C=O) groups is 1. The van der Waals surface area contributed by atoms with Crippen molar-refractivity contribution in [2.24, 2.45) is 5.92 Å². The van der Waals surface area contributed by atoms with Crippen LogP contribution >= 0.6 is 11.8 Å². The van der Waals surface area contributed by atoms with Gasteiger partial charge in [0.05, 0.1) is 11.4 Å². The molecule has 0 aliphatic heterocycles. The molecule has 1 N–H and O–H groups in total. The van der Waals surface area contributed by atoms with E-state index < -0.39 is 11.9 Å². The highest BCUT2D eigenvalue weighted by atomic mass is 32.2. The number of amides is 1. The van der Waals surface area contributed by atoms with Gasteiger partial charge in [-0.25, -0.2) is 0 Å². The summed E-state index contributed by atoms with van der Waals surface area (Å²) in [5, 5.41) is 2.72. The lowest BCUT2D eigenvalue weighted by molar-refractivity contribution is -0.122. The Labute approximate surface area is 113 Å². The predicted octanol–water partition coefficient (Wildman–Crippen LogP) is 4.08. The van der Waals surface area contributed by atoms with Crippen molar-refractivity contribution in [2.45, 2.75) is 30.3 Å². The molecular formula is C13H14F3NOS. The van der Waals surface area contributed by atoms with E-state index >= 15 is 0 Å². The topological polar surface area (TPSA) is 29.1 Å². The Morgan fingerprint density at radius 3 is 2.58 bits per heavy atom. The predicted molar refractivity (Wildman–Crippen MR) is 69.2 cm³/mol. The van der Waals surface area contributed by atoms with E-state index in [1.54, 1.807) is 24.3 Å². The summed E-state index contributed by atoms with van der Waals surface area (Å²) in [6.45, 7) is 0. The van der Waals surface area contributed by atoms with Gasteiger partial charge in [0, 0.05) is 10.8 Å². The van der Waals surface area contributed by atoms with Crippen molar-refractivity contribution in [2.75, 3.05) is 11.1 Å². The number of rotatable bonds is 4. The first-order valence-corrected chi connectivity index (χ1v) is 7.04. The number of thioether (sulfide) groups is 1. The third-order valence-corrected chi connectivity index (χ3v) is 4.15. The van der Waals surface area contributed by atoms with Gasteiger partial charge in [0.2, 0.25) is 5.91 Å². The average molecular weight is 289 g/mol. The second-order valence-corrected chi connectivity index (χ2v) is 5.53. The second kappa shape index (κ2) is 5.86. The Morgan fingerprint density at radius 1 is 1.32 bits per heavy atom. The lowest BCUT2D eigenvalue weighted by Gasteiger charge is -2.24. The van der Waals surface area contributed by atoms with Crippen LogP contribution in [0.25, 0.3) is 0 Å². The highest BCUT2D eigenvalue weighted by Crippen LogP contribution is 2.33. The third-order valence-electron chi connectivity index (χ3n) is 3.01. The van der Waals surface area contributed by atoms with Gasteiger partial charge < -0.3 is 5.32 Å². The lowest BCUT2D eigenvalue weighted by Crippen LogP contribution is -2.28. The minimum Gasteiger partial charge on any atom is -0.325 e. The maximum Gasteiger partial charge on any atom is 0.398 e. The minimum absolute atomic E-state index is 0.0145. The van der Waals surface area contributed by atoms with Crippen LogP contribution in [0.3, 0.4) is 0 Å². The highest BCUT2D eigenvalue weighted by Gasteiger charge is 2.28. The molecule has 0 aromatic heterocycles. The zero-order chi connectivity index (χ0) is 13.9. The molecule has 1 aliphatic rings. The molecule has 19 heavy (non-hydrogen) atoms. The van der Waals surface area contributed by atoms with Crippen molar-refractivity contribution in [3.8, 4) is 0 Å². The number of halogens is 3. The van der Waals surface area contributed by atoms with Crippen molar-refractivity contribution in [3.63, 3.8) is 0 Å². The fourth-order valence-corrected chi connectivity index (χ4v) is 2.53. The number of hydrogen-bond donors (Lipinski definition) is 1. The molecular weight excluding hydrogens is 275 g/mol. The van der Waals surface area contributed by atoms with Gasteiger partial charge in [-0.3, -0.25) is 4.79 Å². The molecule has 1 aromatic rings. The fraction of sp³-hybridized carbons (Fsp3) is 0.462. The van der Waals surface area contributed by atoms with Crippen LogP contribution in [0.2, 0.25) is 0 Å². The summed E-state index contributed by atoms with van der Waals surface area (Å²) < 4.78 is 36.7. The molecule has 0 radical (unpaired) electrons. The molecule has 1 fully saturated rings. The molecule has 0 unspecified atom stereocenters. The van der Waals surface area contributed by atoms with E-state index in [4.69, 9.17) is 0 Å². The van der Waals surface area contributed by atoms with E-state index in [2.05, 4.69) is 5.32 Å². The van der Waals surface area contributed by atoms with Gasteiger partial charge in [0.15, 0.2) is 0 Å². The number of anilines is 1. The van der Waals surface area contributed by atoms with Crippen LogP contribution in [-0.4, -0.2) is 17.8 Å². The van der Waals surface area contributed by atoms with Crippen molar-refractivity contribution in [3.05, 3.63) is 24.3 Å². The Hall–Kier alpha value is -1.17. The molecule has 0 bridgehead atoms. The summed E-state index contributed by atoms with van der Waals surface area (Å²) in [5.41, 5.74) is 0.466. The molecule has 1 aliphatic carbocycles. The van der Waals surface area contributed by atoms with E-state index in [9.17, 15) is 18.0 Å². The molecule has 0 spiro atoms. The maximum absolute atomic E-state index is 12.2. The summed E-state index contributed by atoms with van der Waals surface area (Å²) in [6.07, 6.45) is -1.44. The summed E-state index contributed by atoms with van der Waals surface area (Å²) in [6, 6.07) is 6.59. The van der Waals surface area contributed by atoms with Crippen LogP contribution in [0.4, 0.5) is 18.9 Å². The first-order valence-electron chi connectivity index (χ1n) is 6.05. The molecule has 1 aromatic carbocycles. The molecule has 104 valence electrons. The molecule has 2 nitrogen and oxygen atoms in total. The smallest absolute Gasteiger partial charge is 0.325 e. The largest absolute Gasteiger partial charge is 0.398 e. The number of carbonyl (C=O) groups excluding carboxylic acids is 1. The Bertz CT molecular complexity index is 457. The zero-order valence-corrected chi connectivity index (χ0v) is 11.0. The van der Waals surface area contributed by atoms with E-state index in [0.29, 0.717) is 22.3 Å². The first kappa shape index (κ1) is 14.2. The number of nitrogens with one attached hydrogen (secondary N) is 1. The molecule has 6 heteroatoms. The van der Waals surface area contributed by atoms with E-state index in [0.717, 1.165) is 19.3 Å². The Balaban J connectivity index is 2.01. The normalized spacial score (nSPS) is 15.9. The van der Waals surface area contributed by atoms with Crippen molar-refractivity contribution in [1.29, 1.82) is 0 Å². The standard InChI is InChI=1S/C13H14F3NOS/c14-13(15,16)8-19-11-7-2-1-6-10(11)17-12(18)9-4-3-5-9/h1-2,6-7,9H,3-5,8H2,(H,17,18). The van der Waals surface area contributed by atoms with Crippen LogP contribution in [0.15, 0.2) is 29.2 Å². The van der Waals surface area contributed by atoms with Gasteiger partial charge in [-0.1, -0.05) is 18.6 Å². The van der Waals surface area contributed by atoms with Gasteiger partial charge in [-0.05, 0) is 25.0 Å². The van der Waals surface area contributed by atoms with Gasteiger partial charge in [-0.15, -0.1) is 11.8 Å². The molecule has 0 saturated heterocycles. The SMILES string of the molecule is O=C(Nc1ccccc1SCC(F)(F)F)C1CCC1. The van der Waals surface area contributed by atoms with Crippen LogP contribution in [0, 0.1) is 5.92 Å². The van der Waals surface area contributed by atoms with Crippen LogP contribution in [-0.2, 0) is 4.79 Å². The van der Waals surface area contributed by atoms with E-state index in [1.165, 1.54) is 0 Å². The van der Waals surface area contributed by atoms with E-state index in [1.807, 2.05) is 0 Å². The zero-order valence-electron chi connectivity index (χ0n) is 10.2. The quantitative estimate of drug-likeness (QED) is 0.846. The van der Waals surface area contributed by atoms with Crippen molar-refractivity contribution < 1.29 is 18.0 Å². The summed E-state index contributed by atoms with van der Waals surface area (Å²) in [4.78, 5) is 12.3. The number of para-hydroxylation sites is 1. The molecule has 1 amide bonds. The van der Waals surface area contributed by atoms with E-state index in [-0.39, 0.29) is 11.8 Å². The number of alkyl halides is 3. The van der Waals surface area contributed by atoms with Crippen LogP contribution < -0.4 is 5.32 Å². The minimum atomic E-state index is -4.21. The van der Waals surface area contributed by atoms with Gasteiger partial charge in [-0.2, -0.15) is 13.2 Å². The van der Waals surface area contributed by atoms with Crippen molar-refractivity contribution in [1.82, 2.24) is 0 Å². The highest BCUT2D eigenvalue weighted by molar-refractivity contribution is 7.99.